The minimum absolute atomic E-state index is 0.284. The summed E-state index contributed by atoms with van der Waals surface area (Å²) < 4.78 is 0. The van der Waals surface area contributed by atoms with Crippen LogP contribution in [0.25, 0.3) is 0 Å². The molecule has 0 fully saturated rings. The summed E-state index contributed by atoms with van der Waals surface area (Å²) >= 11 is 6.06. The number of benzene rings is 1. The van der Waals surface area contributed by atoms with Crippen LogP contribution < -0.4 is 5.32 Å². The molecule has 1 aromatic carbocycles. The summed E-state index contributed by atoms with van der Waals surface area (Å²) in [5, 5.41) is 4.43. The van der Waals surface area contributed by atoms with E-state index in [1.165, 1.54) is 11.1 Å². The summed E-state index contributed by atoms with van der Waals surface area (Å²) in [5.41, 5.74) is 2.48. The molecule has 1 aromatic heterocycles. The zero-order chi connectivity index (χ0) is 13.7. The lowest BCUT2D eigenvalue weighted by Crippen LogP contribution is -2.24. The van der Waals surface area contributed by atoms with Crippen LogP contribution in [0.4, 0.5) is 0 Å². The third-order valence-corrected chi connectivity index (χ3v) is 3.55. The van der Waals surface area contributed by atoms with Crippen LogP contribution in [0.3, 0.4) is 0 Å². The molecule has 0 aliphatic heterocycles. The van der Waals surface area contributed by atoms with Crippen molar-refractivity contribution in [3.63, 3.8) is 0 Å². The van der Waals surface area contributed by atoms with Crippen molar-refractivity contribution in [2.45, 2.75) is 32.4 Å². The van der Waals surface area contributed by atoms with Crippen LogP contribution in [0, 0.1) is 0 Å². The van der Waals surface area contributed by atoms with E-state index in [9.17, 15) is 0 Å². The van der Waals surface area contributed by atoms with Crippen molar-refractivity contribution in [3.05, 3.63) is 64.9 Å². The van der Waals surface area contributed by atoms with E-state index in [0.717, 1.165) is 11.4 Å². The Balaban J connectivity index is 2.11. The summed E-state index contributed by atoms with van der Waals surface area (Å²) in [6.45, 7) is 4.35. The summed E-state index contributed by atoms with van der Waals surface area (Å²) in [7, 11) is 0. The van der Waals surface area contributed by atoms with Gasteiger partial charge >= 0.3 is 0 Å². The first-order chi connectivity index (χ1) is 9.20. The van der Waals surface area contributed by atoms with E-state index in [1.54, 1.807) is 0 Å². The second-order valence-electron chi connectivity index (χ2n) is 4.68. The van der Waals surface area contributed by atoms with Gasteiger partial charge in [0.2, 0.25) is 0 Å². The summed E-state index contributed by atoms with van der Waals surface area (Å²) in [4.78, 5) is 4.05. The zero-order valence-corrected chi connectivity index (χ0v) is 12.1. The molecule has 100 valence electrons. The third kappa shape index (κ3) is 3.79. The van der Waals surface area contributed by atoms with Crippen LogP contribution in [0.5, 0.6) is 0 Å². The van der Waals surface area contributed by atoms with Gasteiger partial charge in [-0.15, -0.1) is 0 Å². The highest BCUT2D eigenvalue weighted by Gasteiger charge is 2.13. The van der Waals surface area contributed by atoms with E-state index >= 15 is 0 Å². The molecule has 1 N–H and O–H groups in total. The summed E-state index contributed by atoms with van der Waals surface area (Å²) in [5.74, 6) is 0. The molecular formula is C16H19ClN2. The van der Waals surface area contributed by atoms with Crippen molar-refractivity contribution in [1.29, 1.82) is 0 Å². The van der Waals surface area contributed by atoms with Gasteiger partial charge in [-0.25, -0.2) is 0 Å². The van der Waals surface area contributed by atoms with Crippen molar-refractivity contribution >= 4 is 11.6 Å². The third-order valence-electron chi connectivity index (χ3n) is 3.32. The standard InChI is InChI=1S/C16H19ClN2/c1-3-16(14-5-4-6-15(17)11-14)19-12(2)13-7-9-18-10-8-13/h4-12,16,19H,3H2,1-2H3/t12-,16?/m0/s1. The van der Waals surface area contributed by atoms with Gasteiger partial charge in [-0.3, -0.25) is 4.98 Å². The number of hydrogen-bond acceptors (Lipinski definition) is 2. The molecule has 2 nitrogen and oxygen atoms in total. The fourth-order valence-electron chi connectivity index (χ4n) is 2.22. The Morgan fingerprint density at radius 2 is 1.89 bits per heavy atom. The second-order valence-corrected chi connectivity index (χ2v) is 5.12. The van der Waals surface area contributed by atoms with Gasteiger partial charge in [0.05, 0.1) is 0 Å². The number of aromatic nitrogens is 1. The Morgan fingerprint density at radius 3 is 2.53 bits per heavy atom. The molecule has 0 saturated heterocycles. The van der Waals surface area contributed by atoms with Gasteiger partial charge in [0.25, 0.3) is 0 Å². The Morgan fingerprint density at radius 1 is 1.16 bits per heavy atom. The van der Waals surface area contributed by atoms with Crippen LogP contribution in [-0.4, -0.2) is 4.98 Å². The van der Waals surface area contributed by atoms with Gasteiger partial charge < -0.3 is 5.32 Å². The number of halogens is 1. The molecule has 0 bridgehead atoms. The molecule has 1 unspecified atom stereocenters. The molecule has 0 radical (unpaired) electrons. The minimum atomic E-state index is 0.284. The molecule has 3 heteroatoms. The minimum Gasteiger partial charge on any atom is -0.303 e. The van der Waals surface area contributed by atoms with Crippen LogP contribution >= 0.6 is 11.6 Å². The Labute approximate surface area is 119 Å². The quantitative estimate of drug-likeness (QED) is 0.866. The molecule has 2 atom stereocenters. The van der Waals surface area contributed by atoms with Gasteiger partial charge in [0, 0.05) is 29.5 Å². The zero-order valence-electron chi connectivity index (χ0n) is 11.3. The highest BCUT2D eigenvalue weighted by molar-refractivity contribution is 6.30. The normalized spacial score (nSPS) is 14.1. The summed E-state index contributed by atoms with van der Waals surface area (Å²) in [6, 6.07) is 12.7. The number of nitrogens with zero attached hydrogens (tertiary/aromatic N) is 1. The van der Waals surface area contributed by atoms with Crippen molar-refractivity contribution in [3.8, 4) is 0 Å². The van der Waals surface area contributed by atoms with Crippen LogP contribution in [-0.2, 0) is 0 Å². The van der Waals surface area contributed by atoms with Crippen molar-refractivity contribution in [2.75, 3.05) is 0 Å². The average Bonchev–Trinajstić information content (AvgIpc) is 2.45. The van der Waals surface area contributed by atoms with E-state index < -0.39 is 0 Å². The van der Waals surface area contributed by atoms with Crippen LogP contribution in [0.1, 0.15) is 43.5 Å². The van der Waals surface area contributed by atoms with Crippen molar-refractivity contribution in [2.24, 2.45) is 0 Å². The van der Waals surface area contributed by atoms with Crippen LogP contribution in [0.2, 0.25) is 5.02 Å². The van der Waals surface area contributed by atoms with Crippen molar-refractivity contribution in [1.82, 2.24) is 10.3 Å². The SMILES string of the molecule is CCC(N[C@@H](C)c1ccncc1)c1cccc(Cl)c1. The Bertz CT molecular complexity index is 513. The topological polar surface area (TPSA) is 24.9 Å². The average molecular weight is 275 g/mol. The molecule has 0 aliphatic rings. The van der Waals surface area contributed by atoms with Crippen molar-refractivity contribution < 1.29 is 0 Å². The number of nitrogens with one attached hydrogen (secondary N) is 1. The van der Waals surface area contributed by atoms with E-state index in [4.69, 9.17) is 11.6 Å². The number of pyridine rings is 1. The first kappa shape index (κ1) is 14.0. The van der Waals surface area contributed by atoms with Gasteiger partial charge in [-0.1, -0.05) is 30.7 Å². The van der Waals surface area contributed by atoms with E-state index in [-0.39, 0.29) is 6.04 Å². The maximum Gasteiger partial charge on any atom is 0.0409 e. The monoisotopic (exact) mass is 274 g/mol. The fourth-order valence-corrected chi connectivity index (χ4v) is 2.42. The molecular weight excluding hydrogens is 256 g/mol. The molecule has 19 heavy (non-hydrogen) atoms. The fraction of sp³-hybridized carbons (Fsp3) is 0.312. The van der Waals surface area contributed by atoms with E-state index in [0.29, 0.717) is 6.04 Å². The maximum atomic E-state index is 6.06. The highest BCUT2D eigenvalue weighted by Crippen LogP contribution is 2.23. The molecule has 0 saturated carbocycles. The Hall–Kier alpha value is -1.38. The van der Waals surface area contributed by atoms with E-state index in [2.05, 4.69) is 30.2 Å². The Kier molecular flexibility index (Phi) is 4.94. The first-order valence-electron chi connectivity index (χ1n) is 6.62. The second kappa shape index (κ2) is 6.69. The van der Waals surface area contributed by atoms with Gasteiger partial charge in [-0.2, -0.15) is 0 Å². The lowest BCUT2D eigenvalue weighted by atomic mass is 10.0. The largest absolute Gasteiger partial charge is 0.303 e. The predicted molar refractivity (Wildman–Crippen MR) is 80.3 cm³/mol. The van der Waals surface area contributed by atoms with Gasteiger partial charge in [0.15, 0.2) is 0 Å². The first-order valence-corrected chi connectivity index (χ1v) is 7.00. The molecule has 2 aromatic rings. The molecule has 1 heterocycles. The lowest BCUT2D eigenvalue weighted by Gasteiger charge is -2.23. The molecule has 2 rings (SSSR count). The van der Waals surface area contributed by atoms with E-state index in [1.807, 2.05) is 42.7 Å². The predicted octanol–water partition coefficient (Wildman–Crippen LogP) is 4.54. The molecule has 0 amide bonds. The van der Waals surface area contributed by atoms with Gasteiger partial charge in [-0.05, 0) is 48.7 Å². The lowest BCUT2D eigenvalue weighted by molar-refractivity contribution is 0.456. The number of rotatable bonds is 5. The van der Waals surface area contributed by atoms with Crippen LogP contribution in [0.15, 0.2) is 48.8 Å². The summed E-state index contributed by atoms with van der Waals surface area (Å²) in [6.07, 6.45) is 4.68. The van der Waals surface area contributed by atoms with Gasteiger partial charge in [0.1, 0.15) is 0 Å². The highest BCUT2D eigenvalue weighted by atomic mass is 35.5. The number of hydrogen-bond donors (Lipinski definition) is 1. The molecule has 0 aliphatic carbocycles. The smallest absolute Gasteiger partial charge is 0.0409 e. The maximum absolute atomic E-state index is 6.06. The molecule has 0 spiro atoms.